The number of nitrogens with zero attached hydrogens (tertiary/aromatic N) is 2. The Bertz CT molecular complexity index is 758. The van der Waals surface area contributed by atoms with Crippen LogP contribution in [0.25, 0.3) is 0 Å². The van der Waals surface area contributed by atoms with Crippen LogP contribution in [0.3, 0.4) is 0 Å². The lowest BCUT2D eigenvalue weighted by Crippen LogP contribution is -2.30. The van der Waals surface area contributed by atoms with Gasteiger partial charge in [-0.05, 0) is 42.8 Å². The van der Waals surface area contributed by atoms with Crippen molar-refractivity contribution < 1.29 is 14.3 Å². The van der Waals surface area contributed by atoms with Gasteiger partial charge in [-0.3, -0.25) is 4.79 Å². The molecule has 2 aromatic carbocycles. The molecule has 25 heavy (non-hydrogen) atoms. The number of rotatable bonds is 5. The van der Waals surface area contributed by atoms with Gasteiger partial charge in [0.1, 0.15) is 13.2 Å². The van der Waals surface area contributed by atoms with E-state index in [1.807, 2.05) is 73.3 Å². The first-order valence-corrected chi connectivity index (χ1v) is 8.53. The van der Waals surface area contributed by atoms with Crippen molar-refractivity contribution in [2.24, 2.45) is 0 Å². The molecule has 0 aromatic heterocycles. The van der Waals surface area contributed by atoms with Crippen molar-refractivity contribution in [3.05, 3.63) is 53.6 Å². The van der Waals surface area contributed by atoms with Gasteiger partial charge in [0.25, 0.3) is 5.91 Å². The molecule has 1 amide bonds. The van der Waals surface area contributed by atoms with Gasteiger partial charge >= 0.3 is 0 Å². The van der Waals surface area contributed by atoms with Crippen LogP contribution in [0.5, 0.6) is 11.5 Å². The molecule has 1 aliphatic heterocycles. The minimum atomic E-state index is 0.0288. The maximum absolute atomic E-state index is 12.9. The quantitative estimate of drug-likeness (QED) is 0.838. The molecule has 3 rings (SSSR count). The molecule has 5 nitrogen and oxygen atoms in total. The van der Waals surface area contributed by atoms with E-state index in [-0.39, 0.29) is 5.91 Å². The van der Waals surface area contributed by atoms with Crippen LogP contribution in [0.1, 0.15) is 22.8 Å². The highest BCUT2D eigenvalue weighted by atomic mass is 16.6. The molecule has 0 bridgehead atoms. The van der Waals surface area contributed by atoms with E-state index >= 15 is 0 Å². The first kappa shape index (κ1) is 17.1. The Kier molecular flexibility index (Phi) is 5.12. The Hall–Kier alpha value is -2.69. The van der Waals surface area contributed by atoms with Crippen LogP contribution < -0.4 is 14.4 Å². The summed E-state index contributed by atoms with van der Waals surface area (Å²) in [5.41, 5.74) is 2.75. The lowest BCUT2D eigenvalue weighted by Gasteiger charge is -2.24. The van der Waals surface area contributed by atoms with Crippen LogP contribution in [0.15, 0.2) is 42.5 Å². The number of amides is 1. The molecule has 5 heteroatoms. The number of hydrogen-bond acceptors (Lipinski definition) is 4. The monoisotopic (exact) mass is 340 g/mol. The van der Waals surface area contributed by atoms with Crippen LogP contribution in [-0.2, 0) is 6.54 Å². The number of carbonyl (C=O) groups excluding carboxylic acids is 1. The minimum Gasteiger partial charge on any atom is -0.486 e. The van der Waals surface area contributed by atoms with Gasteiger partial charge in [-0.1, -0.05) is 12.1 Å². The van der Waals surface area contributed by atoms with Gasteiger partial charge in [0.15, 0.2) is 11.5 Å². The predicted octanol–water partition coefficient (Wildman–Crippen LogP) is 3.19. The van der Waals surface area contributed by atoms with Crippen molar-refractivity contribution >= 4 is 11.6 Å². The number of ether oxygens (including phenoxy) is 2. The lowest BCUT2D eigenvalue weighted by atomic mass is 10.1. The van der Waals surface area contributed by atoms with Crippen molar-refractivity contribution in [2.75, 3.05) is 38.8 Å². The van der Waals surface area contributed by atoms with E-state index in [9.17, 15) is 4.79 Å². The molecule has 2 aromatic rings. The van der Waals surface area contributed by atoms with Crippen LogP contribution in [0, 0.1) is 0 Å². The van der Waals surface area contributed by atoms with Crippen LogP contribution in [0.4, 0.5) is 5.69 Å². The standard InChI is InChI=1S/C20H24N2O3/c1-4-22(20(23)16-6-5-7-17(13-16)21(2)3)14-15-8-9-18-19(12-15)25-11-10-24-18/h5-9,12-13H,4,10-11,14H2,1-3H3. The topological polar surface area (TPSA) is 42.0 Å². The van der Waals surface area contributed by atoms with E-state index in [2.05, 4.69) is 0 Å². The average Bonchev–Trinajstić information content (AvgIpc) is 2.65. The molecule has 1 aliphatic rings. The fraction of sp³-hybridized carbons (Fsp3) is 0.350. The summed E-state index contributed by atoms with van der Waals surface area (Å²) in [6, 6.07) is 13.6. The van der Waals surface area contributed by atoms with E-state index in [1.165, 1.54) is 0 Å². The maximum Gasteiger partial charge on any atom is 0.254 e. The third kappa shape index (κ3) is 3.87. The molecular formula is C20H24N2O3. The van der Waals surface area contributed by atoms with Gasteiger partial charge in [0, 0.05) is 38.4 Å². The minimum absolute atomic E-state index is 0.0288. The van der Waals surface area contributed by atoms with Crippen molar-refractivity contribution in [2.45, 2.75) is 13.5 Å². The van der Waals surface area contributed by atoms with Gasteiger partial charge in [0.2, 0.25) is 0 Å². The van der Waals surface area contributed by atoms with Gasteiger partial charge < -0.3 is 19.3 Å². The smallest absolute Gasteiger partial charge is 0.254 e. The molecule has 0 radical (unpaired) electrons. The zero-order valence-electron chi connectivity index (χ0n) is 15.0. The molecule has 0 aliphatic carbocycles. The Morgan fingerprint density at radius 2 is 1.80 bits per heavy atom. The Morgan fingerprint density at radius 3 is 2.52 bits per heavy atom. The van der Waals surface area contributed by atoms with Gasteiger partial charge in [-0.2, -0.15) is 0 Å². The van der Waals surface area contributed by atoms with E-state index in [1.54, 1.807) is 0 Å². The molecule has 0 N–H and O–H groups in total. The fourth-order valence-electron chi connectivity index (χ4n) is 2.83. The third-order valence-corrected chi connectivity index (χ3v) is 4.26. The second-order valence-corrected chi connectivity index (χ2v) is 6.24. The number of hydrogen-bond donors (Lipinski definition) is 0. The molecule has 0 saturated heterocycles. The normalized spacial score (nSPS) is 12.6. The largest absolute Gasteiger partial charge is 0.486 e. The van der Waals surface area contributed by atoms with Crippen molar-refractivity contribution in [3.8, 4) is 11.5 Å². The first-order chi connectivity index (χ1) is 12.1. The molecule has 0 unspecified atom stereocenters. The Balaban J connectivity index is 1.78. The zero-order chi connectivity index (χ0) is 17.8. The summed E-state index contributed by atoms with van der Waals surface area (Å²) in [4.78, 5) is 16.7. The number of anilines is 1. The number of fused-ring (bicyclic) bond motifs is 1. The lowest BCUT2D eigenvalue weighted by molar-refractivity contribution is 0.0752. The summed E-state index contributed by atoms with van der Waals surface area (Å²) in [7, 11) is 3.94. The molecule has 1 heterocycles. The molecule has 0 saturated carbocycles. The maximum atomic E-state index is 12.9. The van der Waals surface area contributed by atoms with Crippen LogP contribution in [-0.4, -0.2) is 44.7 Å². The number of benzene rings is 2. The molecule has 0 spiro atoms. The van der Waals surface area contributed by atoms with Crippen LogP contribution in [0.2, 0.25) is 0 Å². The fourth-order valence-corrected chi connectivity index (χ4v) is 2.83. The Morgan fingerprint density at radius 1 is 1.04 bits per heavy atom. The molecule has 132 valence electrons. The number of carbonyl (C=O) groups is 1. The molecule has 0 atom stereocenters. The second kappa shape index (κ2) is 7.47. The Labute approximate surface area is 148 Å². The van der Waals surface area contributed by atoms with Crippen molar-refractivity contribution in [1.82, 2.24) is 4.90 Å². The summed E-state index contributed by atoms with van der Waals surface area (Å²) in [5.74, 6) is 1.55. The van der Waals surface area contributed by atoms with Crippen LogP contribution >= 0.6 is 0 Å². The van der Waals surface area contributed by atoms with Gasteiger partial charge in [0.05, 0.1) is 0 Å². The first-order valence-electron chi connectivity index (χ1n) is 8.53. The highest BCUT2D eigenvalue weighted by Gasteiger charge is 2.17. The van der Waals surface area contributed by atoms with Crippen molar-refractivity contribution in [1.29, 1.82) is 0 Å². The predicted molar refractivity (Wildman–Crippen MR) is 98.6 cm³/mol. The highest BCUT2D eigenvalue weighted by molar-refractivity contribution is 5.95. The van der Waals surface area contributed by atoms with E-state index in [4.69, 9.17) is 9.47 Å². The summed E-state index contributed by atoms with van der Waals surface area (Å²) < 4.78 is 11.2. The summed E-state index contributed by atoms with van der Waals surface area (Å²) in [6.45, 7) is 4.31. The van der Waals surface area contributed by atoms with E-state index < -0.39 is 0 Å². The van der Waals surface area contributed by atoms with E-state index in [0.717, 1.165) is 22.7 Å². The third-order valence-electron chi connectivity index (χ3n) is 4.26. The second-order valence-electron chi connectivity index (χ2n) is 6.24. The summed E-state index contributed by atoms with van der Waals surface area (Å²) in [5, 5.41) is 0. The van der Waals surface area contributed by atoms with E-state index in [0.29, 0.717) is 31.9 Å². The van der Waals surface area contributed by atoms with Gasteiger partial charge in [-0.15, -0.1) is 0 Å². The highest BCUT2D eigenvalue weighted by Crippen LogP contribution is 2.31. The molecule has 0 fully saturated rings. The average molecular weight is 340 g/mol. The zero-order valence-corrected chi connectivity index (χ0v) is 15.0. The summed E-state index contributed by atoms with van der Waals surface area (Å²) in [6.07, 6.45) is 0. The summed E-state index contributed by atoms with van der Waals surface area (Å²) >= 11 is 0. The van der Waals surface area contributed by atoms with Gasteiger partial charge in [-0.25, -0.2) is 0 Å². The SMILES string of the molecule is CCN(Cc1ccc2c(c1)OCCO2)C(=O)c1cccc(N(C)C)c1. The van der Waals surface area contributed by atoms with Crippen molar-refractivity contribution in [3.63, 3.8) is 0 Å². The molecular weight excluding hydrogens is 316 g/mol.